The summed E-state index contributed by atoms with van der Waals surface area (Å²) in [5.74, 6) is 0. The van der Waals surface area contributed by atoms with Crippen molar-refractivity contribution in [3.8, 4) is 0 Å². The SMILES string of the molecule is Cc1cn([C@@H]2C[C@@](O)(CO)[C@@H](CO)O2)c(=O)[nH]c1=O. The van der Waals surface area contributed by atoms with Gasteiger partial charge in [-0.3, -0.25) is 14.3 Å². The third kappa shape index (κ3) is 2.35. The summed E-state index contributed by atoms with van der Waals surface area (Å²) in [4.78, 5) is 25.1. The van der Waals surface area contributed by atoms with Gasteiger partial charge in [0.25, 0.3) is 5.56 Å². The molecule has 2 rings (SSSR count). The van der Waals surface area contributed by atoms with Crippen molar-refractivity contribution in [2.24, 2.45) is 0 Å². The largest absolute Gasteiger partial charge is 0.394 e. The van der Waals surface area contributed by atoms with Crippen LogP contribution in [0.5, 0.6) is 0 Å². The molecule has 2 heterocycles. The van der Waals surface area contributed by atoms with Gasteiger partial charge in [0.2, 0.25) is 0 Å². The van der Waals surface area contributed by atoms with Gasteiger partial charge < -0.3 is 20.1 Å². The summed E-state index contributed by atoms with van der Waals surface area (Å²) in [5.41, 5.74) is -2.44. The van der Waals surface area contributed by atoms with Crippen LogP contribution in [-0.2, 0) is 4.74 Å². The zero-order valence-electron chi connectivity index (χ0n) is 10.4. The van der Waals surface area contributed by atoms with E-state index < -0.39 is 42.4 Å². The lowest BCUT2D eigenvalue weighted by Gasteiger charge is -2.23. The Kier molecular flexibility index (Phi) is 3.59. The van der Waals surface area contributed by atoms with Gasteiger partial charge in [0.05, 0.1) is 13.2 Å². The molecule has 8 nitrogen and oxygen atoms in total. The molecule has 106 valence electrons. The first kappa shape index (κ1) is 13.9. The van der Waals surface area contributed by atoms with Crippen molar-refractivity contribution in [1.82, 2.24) is 9.55 Å². The van der Waals surface area contributed by atoms with Crippen LogP contribution in [0, 0.1) is 6.92 Å². The van der Waals surface area contributed by atoms with Crippen molar-refractivity contribution in [1.29, 1.82) is 0 Å². The van der Waals surface area contributed by atoms with E-state index in [4.69, 9.17) is 9.84 Å². The number of ether oxygens (including phenoxy) is 1. The van der Waals surface area contributed by atoms with Crippen LogP contribution in [-0.4, -0.2) is 49.8 Å². The van der Waals surface area contributed by atoms with Crippen LogP contribution in [0.3, 0.4) is 0 Å². The van der Waals surface area contributed by atoms with E-state index >= 15 is 0 Å². The lowest BCUT2D eigenvalue weighted by Crippen LogP contribution is -2.43. The summed E-state index contributed by atoms with van der Waals surface area (Å²) in [7, 11) is 0. The van der Waals surface area contributed by atoms with Gasteiger partial charge in [-0.1, -0.05) is 0 Å². The summed E-state index contributed by atoms with van der Waals surface area (Å²) in [6, 6.07) is 0. The molecular formula is C11H16N2O6. The number of nitrogens with zero attached hydrogens (tertiary/aromatic N) is 1. The summed E-state index contributed by atoms with van der Waals surface area (Å²) < 4.78 is 6.49. The monoisotopic (exact) mass is 272 g/mol. The van der Waals surface area contributed by atoms with Crippen LogP contribution in [0.4, 0.5) is 0 Å². The molecule has 1 fully saturated rings. The average Bonchev–Trinajstić information content (AvgIpc) is 2.71. The number of aromatic nitrogens is 2. The van der Waals surface area contributed by atoms with Crippen LogP contribution in [0.15, 0.2) is 15.8 Å². The number of rotatable bonds is 3. The molecule has 19 heavy (non-hydrogen) atoms. The zero-order valence-corrected chi connectivity index (χ0v) is 10.4. The van der Waals surface area contributed by atoms with E-state index in [1.54, 1.807) is 0 Å². The molecule has 0 aliphatic carbocycles. The highest BCUT2D eigenvalue weighted by Gasteiger charge is 2.47. The van der Waals surface area contributed by atoms with E-state index in [-0.39, 0.29) is 6.42 Å². The number of aliphatic hydroxyl groups is 3. The van der Waals surface area contributed by atoms with Crippen LogP contribution in [0.2, 0.25) is 0 Å². The molecule has 1 aromatic heterocycles. The van der Waals surface area contributed by atoms with Gasteiger partial charge in [-0.25, -0.2) is 4.79 Å². The second-order valence-electron chi connectivity index (χ2n) is 4.71. The molecule has 0 spiro atoms. The number of hydrogen-bond acceptors (Lipinski definition) is 6. The van der Waals surface area contributed by atoms with Crippen LogP contribution < -0.4 is 11.2 Å². The molecular weight excluding hydrogens is 256 g/mol. The molecule has 1 aliphatic heterocycles. The molecule has 4 N–H and O–H groups in total. The number of aryl methyl sites for hydroxylation is 1. The number of H-pyrrole nitrogens is 1. The minimum absolute atomic E-state index is 0.0554. The average molecular weight is 272 g/mol. The molecule has 8 heteroatoms. The molecule has 1 aliphatic rings. The molecule has 1 saturated heterocycles. The smallest absolute Gasteiger partial charge is 0.330 e. The number of nitrogens with one attached hydrogen (secondary N) is 1. The van der Waals surface area contributed by atoms with Gasteiger partial charge in [0.1, 0.15) is 17.9 Å². The Morgan fingerprint density at radius 1 is 1.53 bits per heavy atom. The summed E-state index contributed by atoms with van der Waals surface area (Å²) in [5, 5.41) is 28.4. The fourth-order valence-electron chi connectivity index (χ4n) is 2.14. The van der Waals surface area contributed by atoms with E-state index in [9.17, 15) is 19.8 Å². The quantitative estimate of drug-likeness (QED) is 0.497. The summed E-state index contributed by atoms with van der Waals surface area (Å²) >= 11 is 0. The maximum Gasteiger partial charge on any atom is 0.330 e. The van der Waals surface area contributed by atoms with E-state index in [2.05, 4.69) is 4.98 Å². The molecule has 0 aromatic carbocycles. The van der Waals surface area contributed by atoms with Crippen molar-refractivity contribution in [2.75, 3.05) is 13.2 Å². The van der Waals surface area contributed by atoms with Crippen molar-refractivity contribution in [3.63, 3.8) is 0 Å². The van der Waals surface area contributed by atoms with Crippen molar-refractivity contribution < 1.29 is 20.1 Å². The first-order valence-electron chi connectivity index (χ1n) is 5.83. The van der Waals surface area contributed by atoms with Gasteiger partial charge in [-0.2, -0.15) is 0 Å². The molecule has 0 bridgehead atoms. The Labute approximate surface area is 107 Å². The lowest BCUT2D eigenvalue weighted by atomic mass is 9.96. The number of aromatic amines is 1. The minimum Gasteiger partial charge on any atom is -0.394 e. The Morgan fingerprint density at radius 3 is 2.74 bits per heavy atom. The van der Waals surface area contributed by atoms with E-state index in [0.29, 0.717) is 5.56 Å². The molecule has 3 atom stereocenters. The standard InChI is InChI=1S/C11H16N2O6/c1-6-3-13(10(17)12-9(6)16)8-2-11(18,5-15)7(4-14)19-8/h3,7-8,14-15,18H,2,4-5H2,1H3,(H,12,16,17)/t7-,8+,11-/m1/s1. The van der Waals surface area contributed by atoms with E-state index in [1.807, 2.05) is 0 Å². The first-order valence-corrected chi connectivity index (χ1v) is 5.83. The molecule has 0 amide bonds. The maximum atomic E-state index is 11.7. The summed E-state index contributed by atoms with van der Waals surface area (Å²) in [6.45, 7) is 0.460. The normalized spacial score (nSPS) is 30.7. The van der Waals surface area contributed by atoms with E-state index in [1.165, 1.54) is 13.1 Å². The van der Waals surface area contributed by atoms with Crippen LogP contribution in [0.1, 0.15) is 18.2 Å². The van der Waals surface area contributed by atoms with E-state index in [0.717, 1.165) is 4.57 Å². The van der Waals surface area contributed by atoms with Gasteiger partial charge in [0, 0.05) is 18.2 Å². The highest BCUT2D eigenvalue weighted by molar-refractivity contribution is 5.03. The Bertz CT molecular complexity index is 579. The molecule has 0 radical (unpaired) electrons. The third-order valence-corrected chi connectivity index (χ3v) is 3.34. The Balaban J connectivity index is 2.38. The zero-order chi connectivity index (χ0) is 14.2. The van der Waals surface area contributed by atoms with Gasteiger partial charge >= 0.3 is 5.69 Å². The second-order valence-corrected chi connectivity index (χ2v) is 4.71. The van der Waals surface area contributed by atoms with Gasteiger partial charge in [-0.05, 0) is 6.92 Å². The third-order valence-electron chi connectivity index (χ3n) is 3.34. The number of hydrogen-bond donors (Lipinski definition) is 4. The molecule has 0 saturated carbocycles. The Hall–Kier alpha value is -1.48. The topological polar surface area (TPSA) is 125 Å². The minimum atomic E-state index is -1.61. The highest BCUT2D eigenvalue weighted by Crippen LogP contribution is 2.35. The molecule has 1 aromatic rings. The van der Waals surface area contributed by atoms with Crippen molar-refractivity contribution in [2.45, 2.75) is 31.3 Å². The van der Waals surface area contributed by atoms with Crippen molar-refractivity contribution in [3.05, 3.63) is 32.6 Å². The molecule has 0 unspecified atom stereocenters. The Morgan fingerprint density at radius 2 is 2.21 bits per heavy atom. The fraction of sp³-hybridized carbons (Fsp3) is 0.636. The maximum absolute atomic E-state index is 11.7. The summed E-state index contributed by atoms with van der Waals surface area (Å²) in [6.07, 6.45) is -0.567. The highest BCUT2D eigenvalue weighted by atomic mass is 16.5. The fourth-order valence-corrected chi connectivity index (χ4v) is 2.14. The lowest BCUT2D eigenvalue weighted by molar-refractivity contribution is -0.101. The van der Waals surface area contributed by atoms with Gasteiger partial charge in [0.15, 0.2) is 0 Å². The predicted molar refractivity (Wildman–Crippen MR) is 63.7 cm³/mol. The first-order chi connectivity index (χ1) is 8.91. The second kappa shape index (κ2) is 4.89. The van der Waals surface area contributed by atoms with Crippen molar-refractivity contribution >= 4 is 0 Å². The van der Waals surface area contributed by atoms with Crippen LogP contribution in [0.25, 0.3) is 0 Å². The van der Waals surface area contributed by atoms with Gasteiger partial charge in [-0.15, -0.1) is 0 Å². The number of aliphatic hydroxyl groups excluding tert-OH is 2. The predicted octanol–water partition coefficient (Wildman–Crippen LogP) is -2.15. The van der Waals surface area contributed by atoms with Crippen LogP contribution >= 0.6 is 0 Å².